The molecule has 15 heavy (non-hydrogen) atoms. The Kier molecular flexibility index (Phi) is 1.83. The Morgan fingerprint density at radius 2 is 1.87 bits per heavy atom. The van der Waals surface area contributed by atoms with Crippen molar-refractivity contribution in [2.45, 2.75) is 44.6 Å². The monoisotopic (exact) mass is 210 g/mol. The highest BCUT2D eigenvalue weighted by molar-refractivity contribution is 5.57. The summed E-state index contributed by atoms with van der Waals surface area (Å²) in [7, 11) is 0. The number of rotatable bonds is 1. The predicted molar refractivity (Wildman–Crippen MR) is 54.6 cm³/mol. The Morgan fingerprint density at radius 1 is 1.27 bits per heavy atom. The van der Waals surface area contributed by atoms with Crippen LogP contribution in [0.3, 0.4) is 0 Å². The van der Waals surface area contributed by atoms with Crippen LogP contribution in [0.25, 0.3) is 0 Å². The Hall–Kier alpha value is -0.730. The van der Waals surface area contributed by atoms with Crippen LogP contribution in [0.2, 0.25) is 0 Å². The van der Waals surface area contributed by atoms with Gasteiger partial charge in [0, 0.05) is 0 Å². The molecule has 0 aromatic heterocycles. The van der Waals surface area contributed by atoms with Gasteiger partial charge in [-0.15, -0.1) is 0 Å². The van der Waals surface area contributed by atoms with Crippen LogP contribution >= 0.6 is 0 Å². The van der Waals surface area contributed by atoms with E-state index in [0.29, 0.717) is 5.92 Å². The van der Waals surface area contributed by atoms with Gasteiger partial charge in [0.2, 0.25) is 0 Å². The fourth-order valence-corrected chi connectivity index (χ4v) is 4.57. The molecule has 3 atom stereocenters. The molecule has 0 aromatic rings. The molecule has 0 spiro atoms. The van der Waals surface area contributed by atoms with Crippen molar-refractivity contribution in [2.75, 3.05) is 0 Å². The van der Waals surface area contributed by atoms with Crippen molar-refractivity contribution in [2.24, 2.45) is 23.7 Å². The van der Waals surface area contributed by atoms with E-state index < -0.39 is 6.16 Å². The highest BCUT2D eigenvalue weighted by atomic mass is 16.7. The topological polar surface area (TPSA) is 46.5 Å². The second-order valence-corrected chi connectivity index (χ2v) is 5.83. The van der Waals surface area contributed by atoms with Gasteiger partial charge in [0.1, 0.15) is 5.60 Å². The average molecular weight is 210 g/mol. The molecule has 4 aliphatic carbocycles. The first-order valence-corrected chi connectivity index (χ1v) is 6.01. The van der Waals surface area contributed by atoms with Crippen molar-refractivity contribution in [3.05, 3.63) is 0 Å². The van der Waals surface area contributed by atoms with Gasteiger partial charge < -0.3 is 9.84 Å². The second kappa shape index (κ2) is 2.89. The molecule has 3 nitrogen and oxygen atoms in total. The van der Waals surface area contributed by atoms with Crippen LogP contribution < -0.4 is 0 Å². The van der Waals surface area contributed by atoms with Gasteiger partial charge >= 0.3 is 6.16 Å². The summed E-state index contributed by atoms with van der Waals surface area (Å²) < 4.78 is 5.28. The van der Waals surface area contributed by atoms with E-state index in [2.05, 4.69) is 6.92 Å². The number of hydrogen-bond donors (Lipinski definition) is 1. The third-order valence-corrected chi connectivity index (χ3v) is 5.03. The molecule has 4 aliphatic rings. The fourth-order valence-electron chi connectivity index (χ4n) is 4.57. The van der Waals surface area contributed by atoms with E-state index in [9.17, 15) is 4.79 Å². The molecule has 4 saturated carbocycles. The number of carboxylic acid groups (broad SMARTS) is 1. The highest BCUT2D eigenvalue weighted by Gasteiger charge is 2.57. The van der Waals surface area contributed by atoms with Gasteiger partial charge in [-0.05, 0) is 55.8 Å². The van der Waals surface area contributed by atoms with Crippen molar-refractivity contribution in [3.8, 4) is 0 Å². The molecule has 0 amide bonds. The van der Waals surface area contributed by atoms with Crippen LogP contribution in [0.1, 0.15) is 39.0 Å². The zero-order valence-corrected chi connectivity index (χ0v) is 9.11. The lowest BCUT2D eigenvalue weighted by Gasteiger charge is -2.59. The van der Waals surface area contributed by atoms with E-state index >= 15 is 0 Å². The molecule has 4 rings (SSSR count). The van der Waals surface area contributed by atoms with Gasteiger partial charge in [-0.25, -0.2) is 4.79 Å². The molecule has 0 heterocycles. The van der Waals surface area contributed by atoms with Gasteiger partial charge in [-0.1, -0.05) is 6.92 Å². The summed E-state index contributed by atoms with van der Waals surface area (Å²) in [6.45, 7) is 2.19. The Labute approximate surface area is 89.8 Å². The molecule has 3 unspecified atom stereocenters. The molecule has 3 heteroatoms. The van der Waals surface area contributed by atoms with Crippen LogP contribution in [-0.2, 0) is 4.74 Å². The van der Waals surface area contributed by atoms with Crippen LogP contribution in [0.5, 0.6) is 0 Å². The lowest BCUT2D eigenvalue weighted by molar-refractivity contribution is -0.174. The Balaban J connectivity index is 1.90. The van der Waals surface area contributed by atoms with E-state index in [0.717, 1.165) is 30.6 Å². The van der Waals surface area contributed by atoms with Crippen molar-refractivity contribution in [1.29, 1.82) is 0 Å². The summed E-state index contributed by atoms with van der Waals surface area (Å²) in [4.78, 5) is 10.8. The Bertz CT molecular complexity index is 285. The maximum Gasteiger partial charge on any atom is 0.506 e. The van der Waals surface area contributed by atoms with Crippen LogP contribution in [0, 0.1) is 23.7 Å². The minimum Gasteiger partial charge on any atom is -0.450 e. The number of ether oxygens (including phenoxy) is 1. The van der Waals surface area contributed by atoms with Gasteiger partial charge in [0.25, 0.3) is 0 Å². The van der Waals surface area contributed by atoms with E-state index in [-0.39, 0.29) is 5.60 Å². The van der Waals surface area contributed by atoms with E-state index in [4.69, 9.17) is 9.84 Å². The molecule has 4 fully saturated rings. The van der Waals surface area contributed by atoms with Crippen molar-refractivity contribution >= 4 is 6.16 Å². The van der Waals surface area contributed by atoms with Gasteiger partial charge in [-0.3, -0.25) is 0 Å². The standard InChI is InChI=1S/C12H18O3/c1-7-10-3-8-2-9(4-10)6-12(7,5-8)15-11(13)14/h7-10H,2-6H2,1H3,(H,13,14). The van der Waals surface area contributed by atoms with Crippen molar-refractivity contribution < 1.29 is 14.6 Å². The molecule has 0 aromatic carbocycles. The average Bonchev–Trinajstić information content (AvgIpc) is 2.11. The molecule has 0 radical (unpaired) electrons. The molecule has 84 valence electrons. The minimum absolute atomic E-state index is 0.319. The number of carbonyl (C=O) groups is 1. The quantitative estimate of drug-likeness (QED) is 0.677. The second-order valence-electron chi connectivity index (χ2n) is 5.83. The van der Waals surface area contributed by atoms with Crippen LogP contribution in [0.15, 0.2) is 0 Å². The molecule has 4 bridgehead atoms. The molecular formula is C12H18O3. The van der Waals surface area contributed by atoms with E-state index in [1.807, 2.05) is 0 Å². The van der Waals surface area contributed by atoms with E-state index in [1.54, 1.807) is 0 Å². The number of hydrogen-bond acceptors (Lipinski definition) is 2. The maximum absolute atomic E-state index is 10.8. The molecular weight excluding hydrogens is 192 g/mol. The SMILES string of the molecule is CC1C2CC3CC(C2)CC1(OC(=O)O)C3. The normalized spacial score (nSPS) is 51.8. The lowest BCUT2D eigenvalue weighted by Crippen LogP contribution is -2.58. The van der Waals surface area contributed by atoms with Gasteiger partial charge in [0.05, 0.1) is 0 Å². The summed E-state index contributed by atoms with van der Waals surface area (Å²) in [6.07, 6.45) is 4.81. The molecule has 0 saturated heterocycles. The largest absolute Gasteiger partial charge is 0.506 e. The maximum atomic E-state index is 10.8. The molecule has 1 N–H and O–H groups in total. The minimum atomic E-state index is -1.08. The zero-order chi connectivity index (χ0) is 10.6. The van der Waals surface area contributed by atoms with Crippen LogP contribution in [-0.4, -0.2) is 16.9 Å². The highest BCUT2D eigenvalue weighted by Crippen LogP contribution is 2.59. The third-order valence-electron chi connectivity index (χ3n) is 5.03. The van der Waals surface area contributed by atoms with Gasteiger partial charge in [0.15, 0.2) is 0 Å². The van der Waals surface area contributed by atoms with E-state index in [1.165, 1.54) is 19.3 Å². The van der Waals surface area contributed by atoms with Crippen molar-refractivity contribution in [1.82, 2.24) is 0 Å². The first-order valence-electron chi connectivity index (χ1n) is 6.01. The summed E-state index contributed by atoms with van der Waals surface area (Å²) >= 11 is 0. The lowest BCUT2D eigenvalue weighted by atomic mass is 9.50. The summed E-state index contributed by atoms with van der Waals surface area (Å²) in [5.74, 6) is 2.62. The predicted octanol–water partition coefficient (Wildman–Crippen LogP) is 2.90. The molecule has 0 aliphatic heterocycles. The summed E-state index contributed by atoms with van der Waals surface area (Å²) in [6, 6.07) is 0. The Morgan fingerprint density at radius 3 is 2.40 bits per heavy atom. The fraction of sp³-hybridized carbons (Fsp3) is 0.917. The van der Waals surface area contributed by atoms with Crippen LogP contribution in [0.4, 0.5) is 4.79 Å². The zero-order valence-electron chi connectivity index (χ0n) is 9.11. The van der Waals surface area contributed by atoms with Gasteiger partial charge in [-0.2, -0.15) is 0 Å². The smallest absolute Gasteiger partial charge is 0.450 e. The summed E-state index contributed by atoms with van der Waals surface area (Å²) in [5, 5.41) is 8.87. The first-order chi connectivity index (χ1) is 7.09. The summed E-state index contributed by atoms with van der Waals surface area (Å²) in [5.41, 5.74) is -0.319. The van der Waals surface area contributed by atoms with Crippen molar-refractivity contribution in [3.63, 3.8) is 0 Å². The third kappa shape index (κ3) is 1.28. The first kappa shape index (κ1) is 9.49.